The van der Waals surface area contributed by atoms with Gasteiger partial charge in [-0.3, -0.25) is 15.0 Å². The van der Waals surface area contributed by atoms with Crippen molar-refractivity contribution in [2.45, 2.75) is 0 Å². The minimum Gasteiger partial charge on any atom is -0.265 e. The molecular weight excluding hydrogens is 589 g/mol. The number of aromatic nitrogens is 3. The number of pyridine rings is 3. The largest absolute Gasteiger partial charge is 0.265 e. The Morgan fingerprint density at radius 3 is 0.958 bits per heavy atom. The highest BCUT2D eigenvalue weighted by Crippen LogP contribution is 2.59. The average Bonchev–Trinajstić information content (AvgIpc) is 3.86. The molecule has 3 heterocycles. The van der Waals surface area contributed by atoms with Crippen LogP contribution in [0.4, 0.5) is 5.69 Å². The zero-order valence-corrected chi connectivity index (χ0v) is 25.5. The van der Waals surface area contributed by atoms with Gasteiger partial charge in [-0.25, -0.2) is 4.85 Å². The summed E-state index contributed by atoms with van der Waals surface area (Å²) in [6.45, 7) is 7.54. The van der Waals surface area contributed by atoms with Crippen molar-refractivity contribution < 1.29 is 0 Å². The van der Waals surface area contributed by atoms with Gasteiger partial charge in [0.2, 0.25) is 0 Å². The summed E-state index contributed by atoms with van der Waals surface area (Å²) in [5, 5.41) is 19.2. The van der Waals surface area contributed by atoms with Crippen LogP contribution in [0.1, 0.15) is 44.5 Å². The minimum absolute atomic E-state index is 0.560. The van der Waals surface area contributed by atoms with Crippen LogP contribution < -0.4 is 0 Å². The average molecular weight is 613 g/mol. The Bertz CT molecular complexity index is 2070. The zero-order valence-electron chi connectivity index (χ0n) is 25.5. The highest BCUT2D eigenvalue weighted by molar-refractivity contribution is 6.13. The van der Waals surface area contributed by atoms with E-state index in [1.807, 2.05) is 109 Å². The number of hydrogen-bond acceptors (Lipinski definition) is 5. The number of benzene rings is 3. The Morgan fingerprint density at radius 2 is 0.688 bits per heavy atom. The first-order chi connectivity index (χ1) is 23.7. The fourth-order valence-corrected chi connectivity index (χ4v) is 5.98. The summed E-state index contributed by atoms with van der Waals surface area (Å²) in [5.74, 6) is 0. The third kappa shape index (κ3) is 5.68. The van der Waals surface area contributed by atoms with E-state index in [2.05, 4.69) is 31.9 Å². The maximum Gasteiger partial charge on any atom is 0.187 e. The Morgan fingerprint density at radius 1 is 0.417 bits per heavy atom. The third-order valence-corrected chi connectivity index (χ3v) is 8.23. The lowest BCUT2D eigenvalue weighted by atomic mass is 9.94. The lowest BCUT2D eigenvalue weighted by Crippen LogP contribution is -1.91. The lowest BCUT2D eigenvalue weighted by molar-refractivity contribution is 1.31. The molecule has 0 spiro atoms. The van der Waals surface area contributed by atoms with Crippen LogP contribution in [0.25, 0.3) is 21.6 Å². The van der Waals surface area contributed by atoms with E-state index in [1.165, 1.54) is 0 Å². The molecule has 0 saturated heterocycles. The SMILES string of the molecule is [C-]#[N+]c1ccc(C(=C2C(=C(c3ccncc3)c3ccc(C#N)cc3)C2=C(c2ccncc2)c2ccc(C#N)cc2)c2ccncc2)cc1. The number of allylic oxidation sites excluding steroid dienone is 3. The van der Waals surface area contributed by atoms with Crippen LogP contribution in [0.15, 0.2) is 163 Å². The molecule has 222 valence electrons. The molecular formula is C42H24N6. The standard InChI is InChI=1S/C42H24N6/c1-45-36-12-10-32(11-13-36)39(35-18-24-48-25-19-35)42-40(37(33-14-20-46-21-15-33)30-6-2-28(26-43)3-7-30)41(42)38(34-16-22-47-23-17-34)31-8-4-29(27-44)5-9-31/h2-25H. The van der Waals surface area contributed by atoms with Crippen LogP contribution in [0.5, 0.6) is 0 Å². The van der Waals surface area contributed by atoms with Gasteiger partial charge in [0.05, 0.1) is 29.8 Å². The molecule has 1 fully saturated rings. The summed E-state index contributed by atoms with van der Waals surface area (Å²) in [5.41, 5.74) is 13.6. The van der Waals surface area contributed by atoms with E-state index in [0.717, 1.165) is 66.8 Å². The van der Waals surface area contributed by atoms with Crippen molar-refractivity contribution >= 4 is 22.4 Å². The van der Waals surface area contributed by atoms with Crippen molar-refractivity contribution in [3.8, 4) is 12.1 Å². The molecule has 0 amide bonds. The van der Waals surface area contributed by atoms with E-state index in [1.54, 1.807) is 37.2 Å². The monoisotopic (exact) mass is 612 g/mol. The van der Waals surface area contributed by atoms with Crippen LogP contribution in [0.3, 0.4) is 0 Å². The summed E-state index contributed by atoms with van der Waals surface area (Å²) in [4.78, 5) is 16.5. The summed E-state index contributed by atoms with van der Waals surface area (Å²) >= 11 is 0. The molecule has 1 saturated carbocycles. The second-order valence-electron chi connectivity index (χ2n) is 11.0. The molecule has 1 aliphatic carbocycles. The fourth-order valence-electron chi connectivity index (χ4n) is 5.98. The molecule has 0 bridgehead atoms. The number of rotatable bonds is 6. The molecule has 6 aromatic rings. The number of nitriles is 2. The van der Waals surface area contributed by atoms with Gasteiger partial charge in [0.25, 0.3) is 0 Å². The van der Waals surface area contributed by atoms with Crippen molar-refractivity contribution in [1.29, 1.82) is 10.5 Å². The molecule has 48 heavy (non-hydrogen) atoms. The van der Waals surface area contributed by atoms with Gasteiger partial charge >= 0.3 is 0 Å². The van der Waals surface area contributed by atoms with Gasteiger partial charge in [-0.15, -0.1) is 0 Å². The number of hydrogen-bond donors (Lipinski definition) is 0. The Labute approximate surface area is 278 Å². The second kappa shape index (κ2) is 13.0. The first-order valence-electron chi connectivity index (χ1n) is 15.1. The smallest absolute Gasteiger partial charge is 0.187 e. The van der Waals surface area contributed by atoms with E-state index in [9.17, 15) is 10.5 Å². The van der Waals surface area contributed by atoms with Gasteiger partial charge in [0.1, 0.15) is 0 Å². The molecule has 6 nitrogen and oxygen atoms in total. The zero-order chi connectivity index (χ0) is 32.9. The molecule has 6 heteroatoms. The van der Waals surface area contributed by atoms with E-state index >= 15 is 0 Å². The molecule has 0 radical (unpaired) electrons. The molecule has 0 unspecified atom stereocenters. The van der Waals surface area contributed by atoms with Crippen LogP contribution in [0.2, 0.25) is 0 Å². The second-order valence-corrected chi connectivity index (χ2v) is 11.0. The van der Waals surface area contributed by atoms with Gasteiger partial charge < -0.3 is 0 Å². The molecule has 3 aromatic heterocycles. The Hall–Kier alpha value is -7.20. The first-order valence-corrected chi connectivity index (χ1v) is 15.1. The normalized spacial score (nSPS) is 13.8. The quantitative estimate of drug-likeness (QED) is 0.175. The Kier molecular flexibility index (Phi) is 8.01. The molecule has 0 N–H and O–H groups in total. The Balaban J connectivity index is 1.67. The minimum atomic E-state index is 0.560. The van der Waals surface area contributed by atoms with Crippen molar-refractivity contribution in [2.24, 2.45) is 0 Å². The van der Waals surface area contributed by atoms with E-state index in [0.29, 0.717) is 16.8 Å². The van der Waals surface area contributed by atoms with Crippen molar-refractivity contribution in [3.63, 3.8) is 0 Å². The molecule has 1 aliphatic rings. The first kappa shape index (κ1) is 29.5. The highest BCUT2D eigenvalue weighted by Gasteiger charge is 2.41. The maximum atomic E-state index is 9.58. The van der Waals surface area contributed by atoms with Crippen molar-refractivity contribution in [3.05, 3.63) is 219 Å². The third-order valence-electron chi connectivity index (χ3n) is 8.23. The summed E-state index contributed by atoms with van der Waals surface area (Å²) < 4.78 is 0. The van der Waals surface area contributed by atoms with Crippen LogP contribution in [-0.2, 0) is 0 Å². The van der Waals surface area contributed by atoms with Crippen LogP contribution >= 0.6 is 0 Å². The van der Waals surface area contributed by atoms with Gasteiger partial charge in [-0.2, -0.15) is 10.5 Å². The molecule has 0 aliphatic heterocycles. The lowest BCUT2D eigenvalue weighted by Gasteiger charge is -2.10. The summed E-state index contributed by atoms with van der Waals surface area (Å²) in [7, 11) is 0. The summed E-state index contributed by atoms with van der Waals surface area (Å²) in [6.07, 6.45) is 10.7. The van der Waals surface area contributed by atoms with Crippen LogP contribution in [0, 0.1) is 29.2 Å². The van der Waals surface area contributed by atoms with Gasteiger partial charge in [-0.1, -0.05) is 48.5 Å². The van der Waals surface area contributed by atoms with Gasteiger partial charge in [0, 0.05) is 37.2 Å². The van der Waals surface area contributed by atoms with E-state index in [4.69, 9.17) is 6.57 Å². The van der Waals surface area contributed by atoms with E-state index < -0.39 is 0 Å². The van der Waals surface area contributed by atoms with Gasteiger partial charge in [-0.05, 0) is 127 Å². The van der Waals surface area contributed by atoms with Gasteiger partial charge in [0.15, 0.2) is 5.69 Å². The molecule has 7 rings (SSSR count). The predicted octanol–water partition coefficient (Wildman–Crippen LogP) is 8.99. The fraction of sp³-hybridized carbons (Fsp3) is 0. The predicted molar refractivity (Wildman–Crippen MR) is 186 cm³/mol. The van der Waals surface area contributed by atoms with E-state index in [-0.39, 0.29) is 0 Å². The van der Waals surface area contributed by atoms with Crippen molar-refractivity contribution in [1.82, 2.24) is 15.0 Å². The van der Waals surface area contributed by atoms with Crippen LogP contribution in [-0.4, -0.2) is 15.0 Å². The molecule has 3 aromatic carbocycles. The maximum absolute atomic E-state index is 9.58. The summed E-state index contributed by atoms with van der Waals surface area (Å²) in [6, 6.07) is 39.4. The van der Waals surface area contributed by atoms with Crippen molar-refractivity contribution in [2.75, 3.05) is 0 Å². The topological polar surface area (TPSA) is 90.6 Å². The number of nitrogens with zero attached hydrogens (tertiary/aromatic N) is 6. The highest BCUT2D eigenvalue weighted by atomic mass is 14.6. The molecule has 0 atom stereocenters.